The molecule has 15 heavy (non-hydrogen) atoms. The Morgan fingerprint density at radius 1 is 1.33 bits per heavy atom. The van der Waals surface area contributed by atoms with Crippen LogP contribution in [0.3, 0.4) is 0 Å². The van der Waals surface area contributed by atoms with Crippen molar-refractivity contribution in [2.24, 2.45) is 5.92 Å². The first-order valence-corrected chi connectivity index (χ1v) is 5.95. The second kappa shape index (κ2) is 5.32. The molecule has 1 aliphatic rings. The van der Waals surface area contributed by atoms with Crippen molar-refractivity contribution < 1.29 is 0 Å². The highest BCUT2D eigenvalue weighted by atomic mass is 15.1. The molecule has 1 heteroatoms. The van der Waals surface area contributed by atoms with Gasteiger partial charge in [0.05, 0.1) is 0 Å². The van der Waals surface area contributed by atoms with Crippen molar-refractivity contribution in [2.45, 2.75) is 19.8 Å². The maximum Gasteiger partial charge on any atom is 0.00568 e. The van der Waals surface area contributed by atoms with Gasteiger partial charge in [0.1, 0.15) is 0 Å². The minimum atomic E-state index is 0.878. The first-order chi connectivity index (χ1) is 7.34. The summed E-state index contributed by atoms with van der Waals surface area (Å²) in [5, 5.41) is 0. The molecule has 0 aliphatic carbocycles. The lowest BCUT2D eigenvalue weighted by Gasteiger charge is -2.30. The lowest BCUT2D eigenvalue weighted by Crippen LogP contribution is -2.35. The van der Waals surface area contributed by atoms with E-state index in [1.54, 1.807) is 0 Å². The van der Waals surface area contributed by atoms with Crippen LogP contribution in [0, 0.1) is 12.3 Å². The van der Waals surface area contributed by atoms with Crippen LogP contribution in [0.15, 0.2) is 30.3 Å². The maximum atomic E-state index is 2.56. The molecule has 1 nitrogen and oxygen atoms in total. The second-order valence-electron chi connectivity index (χ2n) is 4.62. The summed E-state index contributed by atoms with van der Waals surface area (Å²) in [5.41, 5.74) is 1.34. The molecule has 0 N–H and O–H groups in total. The Morgan fingerprint density at radius 3 is 2.87 bits per heavy atom. The molecule has 1 fully saturated rings. The monoisotopic (exact) mass is 202 g/mol. The molecular formula is C14H20N. The summed E-state index contributed by atoms with van der Waals surface area (Å²) in [6, 6.07) is 10.6. The zero-order chi connectivity index (χ0) is 10.5. The third-order valence-electron chi connectivity index (χ3n) is 3.13. The molecule has 0 aromatic heterocycles. The van der Waals surface area contributed by atoms with Gasteiger partial charge >= 0.3 is 0 Å². The quantitative estimate of drug-likeness (QED) is 0.728. The van der Waals surface area contributed by atoms with Gasteiger partial charge in [-0.1, -0.05) is 37.3 Å². The fraction of sp³-hybridized carbons (Fsp3) is 0.500. The highest BCUT2D eigenvalue weighted by Crippen LogP contribution is 2.16. The summed E-state index contributed by atoms with van der Waals surface area (Å²) in [6.07, 6.45) is 5.10. The summed E-state index contributed by atoms with van der Waals surface area (Å²) >= 11 is 0. The fourth-order valence-corrected chi connectivity index (χ4v) is 2.28. The standard InChI is InChI=1S/C14H20N/c1-13-6-5-10-15(12-13)11-9-14-7-3-2-4-8-14/h2-4,7-9,13H,5-6,10-12H2,1H3. The lowest BCUT2D eigenvalue weighted by atomic mass is 10.00. The molecule has 1 radical (unpaired) electrons. The summed E-state index contributed by atoms with van der Waals surface area (Å²) in [5.74, 6) is 0.878. The van der Waals surface area contributed by atoms with E-state index in [1.807, 2.05) is 0 Å². The van der Waals surface area contributed by atoms with Crippen LogP contribution >= 0.6 is 0 Å². The largest absolute Gasteiger partial charge is 0.302 e. The summed E-state index contributed by atoms with van der Waals surface area (Å²) in [7, 11) is 0. The number of likely N-dealkylation sites (tertiary alicyclic amines) is 1. The zero-order valence-corrected chi connectivity index (χ0v) is 9.52. The first-order valence-electron chi connectivity index (χ1n) is 5.95. The topological polar surface area (TPSA) is 3.24 Å². The number of piperidine rings is 1. The van der Waals surface area contributed by atoms with Gasteiger partial charge in [0, 0.05) is 19.5 Å². The number of hydrogen-bond acceptors (Lipinski definition) is 1. The van der Waals surface area contributed by atoms with Crippen LogP contribution < -0.4 is 0 Å². The SMILES string of the molecule is CC1CCCN(C[CH]c2ccccc2)C1. The van der Waals surface area contributed by atoms with Crippen LogP contribution in [0.4, 0.5) is 0 Å². The molecule has 81 valence electrons. The molecule has 0 spiro atoms. The van der Waals surface area contributed by atoms with Crippen LogP contribution in [0.25, 0.3) is 0 Å². The van der Waals surface area contributed by atoms with E-state index in [0.29, 0.717) is 0 Å². The van der Waals surface area contributed by atoms with E-state index in [-0.39, 0.29) is 0 Å². The molecule has 0 saturated carbocycles. The highest BCUT2D eigenvalue weighted by molar-refractivity contribution is 5.22. The Morgan fingerprint density at radius 2 is 2.13 bits per heavy atom. The molecule has 1 aromatic carbocycles. The highest BCUT2D eigenvalue weighted by Gasteiger charge is 2.15. The van der Waals surface area contributed by atoms with Crippen molar-refractivity contribution in [3.05, 3.63) is 42.3 Å². The molecule has 1 saturated heterocycles. The predicted octanol–water partition coefficient (Wildman–Crippen LogP) is 2.97. The van der Waals surface area contributed by atoms with E-state index >= 15 is 0 Å². The summed E-state index contributed by atoms with van der Waals surface area (Å²) < 4.78 is 0. The Balaban J connectivity index is 1.78. The number of rotatable bonds is 3. The fourth-order valence-electron chi connectivity index (χ4n) is 2.28. The molecule has 1 heterocycles. The van der Waals surface area contributed by atoms with Gasteiger partial charge in [-0.3, -0.25) is 0 Å². The van der Waals surface area contributed by atoms with Crippen LogP contribution in [0.5, 0.6) is 0 Å². The van der Waals surface area contributed by atoms with Crippen molar-refractivity contribution in [1.29, 1.82) is 0 Å². The van der Waals surface area contributed by atoms with Gasteiger partial charge in [-0.05, 0) is 30.9 Å². The molecule has 0 amide bonds. The van der Waals surface area contributed by atoms with Gasteiger partial charge in [-0.15, -0.1) is 0 Å². The molecule has 2 rings (SSSR count). The Labute approximate surface area is 93.1 Å². The summed E-state index contributed by atoms with van der Waals surface area (Å²) in [4.78, 5) is 2.56. The van der Waals surface area contributed by atoms with Crippen LogP contribution in [-0.4, -0.2) is 24.5 Å². The predicted molar refractivity (Wildman–Crippen MR) is 64.7 cm³/mol. The van der Waals surface area contributed by atoms with Gasteiger partial charge in [-0.2, -0.15) is 0 Å². The van der Waals surface area contributed by atoms with Crippen LogP contribution in [0.2, 0.25) is 0 Å². The average Bonchev–Trinajstić information content (AvgIpc) is 2.28. The maximum absolute atomic E-state index is 2.56. The number of nitrogens with zero attached hydrogens (tertiary/aromatic N) is 1. The van der Waals surface area contributed by atoms with Gasteiger partial charge in [0.25, 0.3) is 0 Å². The van der Waals surface area contributed by atoms with Crippen molar-refractivity contribution in [3.8, 4) is 0 Å². The van der Waals surface area contributed by atoms with Crippen LogP contribution in [0.1, 0.15) is 25.3 Å². The molecule has 1 atom stereocenters. The normalized spacial score (nSPS) is 22.9. The third kappa shape index (κ3) is 3.35. The first kappa shape index (κ1) is 10.7. The van der Waals surface area contributed by atoms with Gasteiger partial charge in [-0.25, -0.2) is 0 Å². The molecule has 1 unspecified atom stereocenters. The van der Waals surface area contributed by atoms with E-state index in [4.69, 9.17) is 0 Å². The smallest absolute Gasteiger partial charge is 0.00568 e. The number of hydrogen-bond donors (Lipinski definition) is 0. The van der Waals surface area contributed by atoms with Crippen molar-refractivity contribution in [3.63, 3.8) is 0 Å². The van der Waals surface area contributed by atoms with Crippen LogP contribution in [-0.2, 0) is 0 Å². The molecule has 0 bridgehead atoms. The van der Waals surface area contributed by atoms with E-state index in [9.17, 15) is 0 Å². The second-order valence-corrected chi connectivity index (χ2v) is 4.62. The third-order valence-corrected chi connectivity index (χ3v) is 3.13. The van der Waals surface area contributed by atoms with Crippen molar-refractivity contribution in [2.75, 3.05) is 19.6 Å². The van der Waals surface area contributed by atoms with E-state index in [1.165, 1.54) is 31.5 Å². The van der Waals surface area contributed by atoms with E-state index in [0.717, 1.165) is 12.5 Å². The van der Waals surface area contributed by atoms with E-state index < -0.39 is 0 Å². The zero-order valence-electron chi connectivity index (χ0n) is 9.52. The molecular weight excluding hydrogens is 182 g/mol. The van der Waals surface area contributed by atoms with Gasteiger partial charge in [0.2, 0.25) is 0 Å². The molecule has 1 aliphatic heterocycles. The molecule has 1 aromatic rings. The van der Waals surface area contributed by atoms with E-state index in [2.05, 4.69) is 48.6 Å². The number of benzene rings is 1. The van der Waals surface area contributed by atoms with Gasteiger partial charge in [0.15, 0.2) is 0 Å². The Bertz CT molecular complexity index is 281. The van der Waals surface area contributed by atoms with Crippen molar-refractivity contribution in [1.82, 2.24) is 4.90 Å². The average molecular weight is 202 g/mol. The summed E-state index contributed by atoms with van der Waals surface area (Å²) in [6.45, 7) is 6.00. The minimum absolute atomic E-state index is 0.878. The Hall–Kier alpha value is -0.820. The minimum Gasteiger partial charge on any atom is -0.302 e. The Kier molecular flexibility index (Phi) is 3.79. The lowest BCUT2D eigenvalue weighted by molar-refractivity contribution is 0.197. The van der Waals surface area contributed by atoms with Crippen molar-refractivity contribution >= 4 is 0 Å². The van der Waals surface area contributed by atoms with Gasteiger partial charge < -0.3 is 4.90 Å².